The number of aryl methyl sites for hydroxylation is 1. The molecule has 2 aromatic rings. The van der Waals surface area contributed by atoms with Gasteiger partial charge in [0.05, 0.1) is 5.52 Å². The lowest BCUT2D eigenvalue weighted by molar-refractivity contribution is 0.590. The molecule has 0 aliphatic rings. The molecule has 0 spiro atoms. The first-order chi connectivity index (χ1) is 6.70. The van der Waals surface area contributed by atoms with E-state index < -0.39 is 11.6 Å². The topological polar surface area (TPSA) is 28.7 Å². The van der Waals surface area contributed by atoms with Crippen LogP contribution in [0.3, 0.4) is 0 Å². The maximum atomic E-state index is 13.1. The number of H-pyrrole nitrogens is 1. The molecule has 74 valence electrons. The summed E-state index contributed by atoms with van der Waals surface area (Å²) in [6, 6.07) is 2.02. The van der Waals surface area contributed by atoms with Crippen LogP contribution in [0.15, 0.2) is 12.1 Å². The monoisotopic (exact) mass is 216 g/mol. The Bertz CT molecular complexity index is 467. The summed E-state index contributed by atoms with van der Waals surface area (Å²) in [7, 11) is 0. The van der Waals surface area contributed by atoms with Crippen LogP contribution in [0.4, 0.5) is 8.78 Å². The standard InChI is InChI=1S/C9H7ClF2N2/c10-2-1-8-13-7-4-5(11)3-6(12)9(7)14-8/h3-4H,1-2H2,(H,13,14). The first-order valence-corrected chi connectivity index (χ1v) is 4.64. The van der Waals surface area contributed by atoms with Crippen LogP contribution in [0, 0.1) is 11.6 Å². The molecule has 14 heavy (non-hydrogen) atoms. The molecule has 2 nitrogen and oxygen atoms in total. The quantitative estimate of drug-likeness (QED) is 0.769. The third-order valence-electron chi connectivity index (χ3n) is 1.89. The molecule has 0 atom stereocenters. The molecule has 1 aromatic carbocycles. The highest BCUT2D eigenvalue weighted by Gasteiger charge is 2.08. The molecule has 0 aliphatic carbocycles. The van der Waals surface area contributed by atoms with Crippen LogP contribution in [0.2, 0.25) is 0 Å². The van der Waals surface area contributed by atoms with Gasteiger partial charge in [0.25, 0.3) is 0 Å². The number of aromatic nitrogens is 2. The van der Waals surface area contributed by atoms with Gasteiger partial charge in [-0.15, -0.1) is 11.6 Å². The van der Waals surface area contributed by atoms with Crippen molar-refractivity contribution in [2.24, 2.45) is 0 Å². The molecule has 1 heterocycles. The van der Waals surface area contributed by atoms with Crippen LogP contribution in [0.1, 0.15) is 5.82 Å². The second-order valence-corrected chi connectivity index (χ2v) is 3.28. The van der Waals surface area contributed by atoms with E-state index in [1.54, 1.807) is 0 Å². The van der Waals surface area contributed by atoms with Crippen LogP contribution >= 0.6 is 11.6 Å². The number of imidazole rings is 1. The highest BCUT2D eigenvalue weighted by atomic mass is 35.5. The average molecular weight is 217 g/mol. The van der Waals surface area contributed by atoms with Crippen molar-refractivity contribution in [2.45, 2.75) is 6.42 Å². The molecule has 0 unspecified atom stereocenters. The molecule has 1 N–H and O–H groups in total. The summed E-state index contributed by atoms with van der Waals surface area (Å²) >= 11 is 5.51. The van der Waals surface area contributed by atoms with Crippen molar-refractivity contribution in [3.05, 3.63) is 29.6 Å². The van der Waals surface area contributed by atoms with Crippen LogP contribution in [-0.2, 0) is 6.42 Å². The predicted molar refractivity (Wildman–Crippen MR) is 50.4 cm³/mol. The second kappa shape index (κ2) is 3.53. The van der Waals surface area contributed by atoms with E-state index in [-0.39, 0.29) is 5.52 Å². The molecular formula is C9H7ClF2N2. The lowest BCUT2D eigenvalue weighted by atomic mass is 10.3. The minimum atomic E-state index is -0.655. The number of hydrogen-bond donors (Lipinski definition) is 1. The lowest BCUT2D eigenvalue weighted by Gasteiger charge is -1.90. The number of halogens is 3. The molecule has 1 aromatic heterocycles. The predicted octanol–water partition coefficient (Wildman–Crippen LogP) is 2.62. The minimum Gasteiger partial charge on any atom is -0.342 e. The van der Waals surface area contributed by atoms with E-state index in [9.17, 15) is 8.78 Å². The molecule has 0 bridgehead atoms. The van der Waals surface area contributed by atoms with Crippen LogP contribution in [0.5, 0.6) is 0 Å². The van der Waals surface area contributed by atoms with Crippen molar-refractivity contribution in [3.63, 3.8) is 0 Å². The number of aromatic amines is 1. The summed E-state index contributed by atoms with van der Waals surface area (Å²) in [5.41, 5.74) is 0.522. The largest absolute Gasteiger partial charge is 0.342 e. The Labute approximate surface area is 83.9 Å². The van der Waals surface area contributed by atoms with Gasteiger partial charge in [-0.3, -0.25) is 0 Å². The fourth-order valence-corrected chi connectivity index (χ4v) is 1.48. The van der Waals surface area contributed by atoms with Gasteiger partial charge in [0, 0.05) is 18.4 Å². The summed E-state index contributed by atoms with van der Waals surface area (Å²) in [5.74, 6) is -0.308. The summed E-state index contributed by atoms with van der Waals surface area (Å²) in [6.07, 6.45) is 0.511. The van der Waals surface area contributed by atoms with Crippen molar-refractivity contribution in [3.8, 4) is 0 Å². The average Bonchev–Trinajstić information content (AvgIpc) is 2.48. The molecule has 0 saturated heterocycles. The van der Waals surface area contributed by atoms with Gasteiger partial charge in [0.1, 0.15) is 17.2 Å². The van der Waals surface area contributed by atoms with E-state index in [1.807, 2.05) is 0 Å². The molecular weight excluding hydrogens is 210 g/mol. The number of alkyl halides is 1. The van der Waals surface area contributed by atoms with E-state index >= 15 is 0 Å². The maximum Gasteiger partial charge on any atom is 0.153 e. The zero-order valence-electron chi connectivity index (χ0n) is 7.15. The van der Waals surface area contributed by atoms with E-state index in [1.165, 1.54) is 6.07 Å². The van der Waals surface area contributed by atoms with Gasteiger partial charge in [-0.1, -0.05) is 0 Å². The normalized spacial score (nSPS) is 11.1. The van der Waals surface area contributed by atoms with Crippen LogP contribution < -0.4 is 0 Å². The molecule has 0 amide bonds. The first kappa shape index (κ1) is 9.40. The van der Waals surface area contributed by atoms with Crippen molar-refractivity contribution in [1.82, 2.24) is 9.97 Å². The number of hydrogen-bond acceptors (Lipinski definition) is 1. The van der Waals surface area contributed by atoms with E-state index in [4.69, 9.17) is 11.6 Å². The Hall–Kier alpha value is -1.16. The zero-order valence-corrected chi connectivity index (χ0v) is 7.91. The number of nitrogens with one attached hydrogen (secondary N) is 1. The smallest absolute Gasteiger partial charge is 0.153 e. The van der Waals surface area contributed by atoms with E-state index in [0.29, 0.717) is 23.6 Å². The Morgan fingerprint density at radius 3 is 2.86 bits per heavy atom. The van der Waals surface area contributed by atoms with Gasteiger partial charge in [-0.25, -0.2) is 13.8 Å². The Morgan fingerprint density at radius 1 is 1.36 bits per heavy atom. The number of fused-ring (bicyclic) bond motifs is 1. The molecule has 0 fully saturated rings. The fourth-order valence-electron chi connectivity index (χ4n) is 1.30. The van der Waals surface area contributed by atoms with Gasteiger partial charge in [0.15, 0.2) is 5.82 Å². The van der Waals surface area contributed by atoms with Crippen LogP contribution in [-0.4, -0.2) is 15.8 Å². The van der Waals surface area contributed by atoms with Gasteiger partial charge >= 0.3 is 0 Å². The molecule has 0 aliphatic heterocycles. The summed E-state index contributed by atoms with van der Waals surface area (Å²) in [4.78, 5) is 6.76. The minimum absolute atomic E-state index is 0.159. The SMILES string of the molecule is Fc1cc(F)c2nc(CCCl)[nH]c2c1. The third kappa shape index (κ3) is 1.57. The summed E-state index contributed by atoms with van der Waals surface area (Å²) in [6.45, 7) is 0. The Balaban J connectivity index is 2.58. The highest BCUT2D eigenvalue weighted by molar-refractivity contribution is 6.17. The molecule has 5 heteroatoms. The molecule has 2 rings (SSSR count). The van der Waals surface area contributed by atoms with Crippen molar-refractivity contribution in [1.29, 1.82) is 0 Å². The Morgan fingerprint density at radius 2 is 2.14 bits per heavy atom. The molecule has 0 radical (unpaired) electrons. The Kier molecular flexibility index (Phi) is 2.37. The maximum absolute atomic E-state index is 13.1. The summed E-state index contributed by atoms with van der Waals surface area (Å²) in [5, 5.41) is 0. The van der Waals surface area contributed by atoms with E-state index in [2.05, 4.69) is 9.97 Å². The number of rotatable bonds is 2. The lowest BCUT2D eigenvalue weighted by Crippen LogP contribution is -1.87. The van der Waals surface area contributed by atoms with Crippen molar-refractivity contribution < 1.29 is 8.78 Å². The first-order valence-electron chi connectivity index (χ1n) is 4.10. The third-order valence-corrected chi connectivity index (χ3v) is 2.07. The number of benzene rings is 1. The highest BCUT2D eigenvalue weighted by Crippen LogP contribution is 2.17. The molecule has 0 saturated carbocycles. The second-order valence-electron chi connectivity index (χ2n) is 2.91. The van der Waals surface area contributed by atoms with Crippen LogP contribution in [0.25, 0.3) is 11.0 Å². The van der Waals surface area contributed by atoms with Crippen molar-refractivity contribution in [2.75, 3.05) is 5.88 Å². The van der Waals surface area contributed by atoms with Crippen molar-refractivity contribution >= 4 is 22.6 Å². The van der Waals surface area contributed by atoms with E-state index in [0.717, 1.165) is 6.07 Å². The van der Waals surface area contributed by atoms with Gasteiger partial charge in [-0.2, -0.15) is 0 Å². The van der Waals surface area contributed by atoms with Gasteiger partial charge < -0.3 is 4.98 Å². The van der Waals surface area contributed by atoms with Gasteiger partial charge in [-0.05, 0) is 6.07 Å². The summed E-state index contributed by atoms with van der Waals surface area (Å²) < 4.78 is 25.9. The number of nitrogens with zero attached hydrogens (tertiary/aromatic N) is 1. The van der Waals surface area contributed by atoms with Gasteiger partial charge in [0.2, 0.25) is 0 Å². The fraction of sp³-hybridized carbons (Fsp3) is 0.222. The zero-order chi connectivity index (χ0) is 10.1.